The molecule has 0 bridgehead atoms. The normalized spacial score (nSPS) is 15.7. The van der Waals surface area contributed by atoms with Crippen molar-refractivity contribution in [2.45, 2.75) is 26.3 Å². The van der Waals surface area contributed by atoms with Crippen molar-refractivity contribution in [1.29, 1.82) is 0 Å². The first-order valence-electron chi connectivity index (χ1n) is 10.9. The fraction of sp³-hybridized carbons (Fsp3) is 0.400. The van der Waals surface area contributed by atoms with E-state index < -0.39 is 0 Å². The zero-order chi connectivity index (χ0) is 22.9. The van der Waals surface area contributed by atoms with Crippen LogP contribution in [0.2, 0.25) is 0 Å². The second-order valence-corrected chi connectivity index (χ2v) is 8.90. The lowest BCUT2D eigenvalue weighted by atomic mass is 9.89. The zero-order valence-corrected chi connectivity index (χ0v) is 19.5. The van der Waals surface area contributed by atoms with Gasteiger partial charge in [0.2, 0.25) is 0 Å². The quantitative estimate of drug-likeness (QED) is 0.588. The van der Waals surface area contributed by atoms with Crippen LogP contribution in [0.15, 0.2) is 42.7 Å². The highest BCUT2D eigenvalue weighted by atomic mass is 16.5. The average Bonchev–Trinajstić information content (AvgIpc) is 2.79. The van der Waals surface area contributed by atoms with Crippen LogP contribution in [-0.4, -0.2) is 65.9 Å². The van der Waals surface area contributed by atoms with Crippen molar-refractivity contribution in [3.05, 3.63) is 53.9 Å². The van der Waals surface area contributed by atoms with E-state index in [1.807, 2.05) is 30.3 Å². The summed E-state index contributed by atoms with van der Waals surface area (Å²) in [5.41, 5.74) is 3.16. The number of nitrogens with one attached hydrogen (secondary N) is 1. The first-order chi connectivity index (χ1) is 15.3. The molecule has 0 aliphatic carbocycles. The molecule has 32 heavy (non-hydrogen) atoms. The van der Waals surface area contributed by atoms with Crippen LogP contribution in [0.5, 0.6) is 5.75 Å². The molecule has 0 saturated carbocycles. The van der Waals surface area contributed by atoms with Crippen molar-refractivity contribution in [1.82, 2.24) is 19.8 Å². The molecule has 7 heteroatoms. The molecule has 4 rings (SSSR count). The number of nitrogens with zero attached hydrogens (tertiary/aromatic N) is 4. The van der Waals surface area contributed by atoms with Gasteiger partial charge in [-0.05, 0) is 46.0 Å². The van der Waals surface area contributed by atoms with Gasteiger partial charge in [-0.1, -0.05) is 12.1 Å². The predicted molar refractivity (Wildman–Crippen MR) is 128 cm³/mol. The second-order valence-electron chi connectivity index (χ2n) is 8.90. The molecule has 0 unspecified atom stereocenters. The number of carbonyl (C=O) groups excluding carboxylic acids is 1. The highest BCUT2D eigenvalue weighted by Gasteiger charge is 2.33. The minimum atomic E-state index is -0.220. The molecular formula is C25H31N5O2. The summed E-state index contributed by atoms with van der Waals surface area (Å²) in [7, 11) is 3.87. The van der Waals surface area contributed by atoms with E-state index in [1.54, 1.807) is 20.4 Å². The molecule has 1 N–H and O–H groups in total. The number of aromatic nitrogens is 2. The summed E-state index contributed by atoms with van der Waals surface area (Å²) in [6.45, 7) is 10.1. The smallest absolute Gasteiger partial charge is 0.159 e. The molecule has 1 aliphatic rings. The molecule has 1 aliphatic heterocycles. The third kappa shape index (κ3) is 4.31. The third-order valence-corrected chi connectivity index (χ3v) is 6.44. The van der Waals surface area contributed by atoms with Crippen molar-refractivity contribution in [3.63, 3.8) is 0 Å². The van der Waals surface area contributed by atoms with Crippen molar-refractivity contribution in [3.8, 4) is 5.75 Å². The maximum Gasteiger partial charge on any atom is 0.159 e. The van der Waals surface area contributed by atoms with E-state index >= 15 is 0 Å². The summed E-state index contributed by atoms with van der Waals surface area (Å²) in [5, 5.41) is 4.29. The Morgan fingerprint density at radius 2 is 1.84 bits per heavy atom. The topological polar surface area (TPSA) is 70.6 Å². The van der Waals surface area contributed by atoms with Gasteiger partial charge in [-0.25, -0.2) is 9.97 Å². The lowest BCUT2D eigenvalue weighted by Gasteiger charge is -2.44. The fourth-order valence-corrected chi connectivity index (χ4v) is 4.32. The first-order valence-corrected chi connectivity index (χ1v) is 10.9. The summed E-state index contributed by atoms with van der Waals surface area (Å²) in [6.07, 6.45) is 1.55. The van der Waals surface area contributed by atoms with Gasteiger partial charge < -0.3 is 15.0 Å². The van der Waals surface area contributed by atoms with Gasteiger partial charge in [0.1, 0.15) is 17.9 Å². The third-order valence-electron chi connectivity index (χ3n) is 6.44. The van der Waals surface area contributed by atoms with Crippen molar-refractivity contribution in [2.24, 2.45) is 0 Å². The number of fused-ring (bicyclic) bond motifs is 1. The maximum atomic E-state index is 11.8. The van der Waals surface area contributed by atoms with Crippen LogP contribution < -0.4 is 10.1 Å². The molecule has 2 heterocycles. The number of benzene rings is 2. The summed E-state index contributed by atoms with van der Waals surface area (Å²) in [4.78, 5) is 25.6. The van der Waals surface area contributed by atoms with E-state index in [0.717, 1.165) is 54.1 Å². The number of ketones is 1. The number of carbonyl (C=O) groups is 1. The van der Waals surface area contributed by atoms with Crippen LogP contribution in [0.1, 0.15) is 36.7 Å². The van der Waals surface area contributed by atoms with Gasteiger partial charge in [0.15, 0.2) is 5.78 Å². The van der Waals surface area contributed by atoms with Gasteiger partial charge in [0.05, 0.1) is 12.6 Å². The maximum absolute atomic E-state index is 11.8. The molecule has 1 aromatic heterocycles. The van der Waals surface area contributed by atoms with E-state index in [4.69, 9.17) is 4.74 Å². The lowest BCUT2D eigenvalue weighted by molar-refractivity contribution is 0.0591. The second kappa shape index (κ2) is 8.84. The van der Waals surface area contributed by atoms with E-state index in [0.29, 0.717) is 11.4 Å². The lowest BCUT2D eigenvalue weighted by Crippen LogP contribution is -2.52. The molecule has 0 atom stereocenters. The molecule has 0 radical (unpaired) electrons. The number of anilines is 2. The highest BCUT2D eigenvalue weighted by Crippen LogP contribution is 2.39. The summed E-state index contributed by atoms with van der Waals surface area (Å²) < 4.78 is 5.80. The minimum absolute atomic E-state index is 0.0298. The molecule has 3 aromatic rings. The van der Waals surface area contributed by atoms with Crippen LogP contribution in [0.4, 0.5) is 11.5 Å². The first kappa shape index (κ1) is 22.2. The number of hydrogen-bond donors (Lipinski definition) is 1. The van der Waals surface area contributed by atoms with E-state index in [2.05, 4.69) is 52.0 Å². The molecule has 2 aromatic carbocycles. The van der Waals surface area contributed by atoms with Crippen molar-refractivity contribution >= 4 is 28.2 Å². The van der Waals surface area contributed by atoms with Gasteiger partial charge in [0, 0.05) is 60.0 Å². The summed E-state index contributed by atoms with van der Waals surface area (Å²) >= 11 is 0. The van der Waals surface area contributed by atoms with Crippen LogP contribution in [-0.2, 0) is 5.54 Å². The summed E-state index contributed by atoms with van der Waals surface area (Å²) in [5.74, 6) is 1.56. The number of hydrogen-bond acceptors (Lipinski definition) is 7. The Balaban J connectivity index is 1.76. The van der Waals surface area contributed by atoms with Gasteiger partial charge >= 0.3 is 0 Å². The Hall–Kier alpha value is -3.03. The average molecular weight is 434 g/mol. The Labute approximate surface area is 189 Å². The van der Waals surface area contributed by atoms with E-state index in [-0.39, 0.29) is 11.3 Å². The highest BCUT2D eigenvalue weighted by molar-refractivity contribution is 5.96. The Bertz CT molecular complexity index is 1140. The summed E-state index contributed by atoms with van der Waals surface area (Å²) in [6, 6.07) is 11.6. The number of Topliss-reactive ketones (excluding diaryl/α,β-unsaturated/α-hetero) is 1. The number of ether oxygens (including phenoxy) is 1. The molecule has 1 fully saturated rings. The Morgan fingerprint density at radius 3 is 2.53 bits per heavy atom. The number of likely N-dealkylation sites (N-methyl/N-ethyl adjacent to an activating group) is 1. The molecular weight excluding hydrogens is 402 g/mol. The molecule has 7 nitrogen and oxygen atoms in total. The molecule has 0 amide bonds. The van der Waals surface area contributed by atoms with Gasteiger partial charge in [-0.15, -0.1) is 0 Å². The monoisotopic (exact) mass is 433 g/mol. The van der Waals surface area contributed by atoms with Crippen LogP contribution in [0.25, 0.3) is 10.9 Å². The standard InChI is InChI=1S/C25H31N5O2/c1-17(31)18-7-6-8-19(13-18)28-24-20-14-21(23(32-5)15-22(20)26-16-27-24)25(2,3)30-11-9-29(4)10-12-30/h6-8,13-16H,9-12H2,1-5H3,(H,26,27,28). The SMILES string of the molecule is COc1cc2ncnc(Nc3cccc(C(C)=O)c3)c2cc1C(C)(C)N1CCN(C)CC1. The number of rotatable bonds is 6. The molecule has 1 saturated heterocycles. The Morgan fingerprint density at radius 1 is 1.09 bits per heavy atom. The van der Waals surface area contributed by atoms with Crippen molar-refractivity contribution < 1.29 is 9.53 Å². The van der Waals surface area contributed by atoms with Gasteiger partial charge in [-0.2, -0.15) is 0 Å². The predicted octanol–water partition coefficient (Wildman–Crippen LogP) is 4.07. The van der Waals surface area contributed by atoms with E-state index in [9.17, 15) is 4.79 Å². The van der Waals surface area contributed by atoms with Crippen LogP contribution >= 0.6 is 0 Å². The van der Waals surface area contributed by atoms with Gasteiger partial charge in [-0.3, -0.25) is 9.69 Å². The van der Waals surface area contributed by atoms with E-state index in [1.165, 1.54) is 0 Å². The number of piperazine rings is 1. The largest absolute Gasteiger partial charge is 0.496 e. The Kier molecular flexibility index (Phi) is 6.13. The van der Waals surface area contributed by atoms with Crippen LogP contribution in [0.3, 0.4) is 0 Å². The number of methoxy groups -OCH3 is 1. The zero-order valence-electron chi connectivity index (χ0n) is 19.5. The minimum Gasteiger partial charge on any atom is -0.496 e. The molecule has 168 valence electrons. The van der Waals surface area contributed by atoms with Crippen LogP contribution in [0, 0.1) is 0 Å². The fourth-order valence-electron chi connectivity index (χ4n) is 4.32. The van der Waals surface area contributed by atoms with Gasteiger partial charge in [0.25, 0.3) is 0 Å². The molecule has 0 spiro atoms. The van der Waals surface area contributed by atoms with Crippen molar-refractivity contribution in [2.75, 3.05) is 45.7 Å².